The fraction of sp³-hybridized carbons (Fsp3) is 0.226. The van der Waals surface area contributed by atoms with Crippen molar-refractivity contribution in [3.63, 3.8) is 0 Å². The Hall–Kier alpha value is -4.68. The Balaban J connectivity index is 1.15. The number of anilines is 4. The van der Waals surface area contributed by atoms with Crippen LogP contribution >= 0.6 is 11.6 Å². The van der Waals surface area contributed by atoms with E-state index in [0.717, 1.165) is 49.3 Å². The highest BCUT2D eigenvalue weighted by Crippen LogP contribution is 2.30. The molecule has 2 amide bonds. The molecule has 13 heteroatoms. The molecule has 0 unspecified atom stereocenters. The minimum atomic E-state index is -4.58. The number of ether oxygens (including phenoxy) is 1. The maximum absolute atomic E-state index is 13.0. The van der Waals surface area contributed by atoms with Crippen molar-refractivity contribution >= 4 is 46.4 Å². The van der Waals surface area contributed by atoms with Gasteiger partial charge < -0.3 is 20.7 Å². The van der Waals surface area contributed by atoms with Crippen LogP contribution < -0.4 is 20.7 Å². The Labute approximate surface area is 256 Å². The molecule has 3 N–H and O–H groups in total. The molecule has 4 aromatic rings. The van der Waals surface area contributed by atoms with E-state index in [1.165, 1.54) is 49.5 Å². The molecule has 3 aromatic carbocycles. The summed E-state index contributed by atoms with van der Waals surface area (Å²) < 4.78 is 44.9. The SMILES string of the molecule is O=C(Nc1ccc(Cl)c(NC(=O)c2cnc(Nc3ccc(OCCN4CCCC4)cc3)nc2)c1)c1cccc(C(F)(F)F)c1. The van der Waals surface area contributed by atoms with Crippen molar-refractivity contribution in [2.75, 3.05) is 42.2 Å². The van der Waals surface area contributed by atoms with Crippen molar-refractivity contribution in [3.8, 4) is 5.75 Å². The molecule has 0 saturated carbocycles. The summed E-state index contributed by atoms with van der Waals surface area (Å²) in [4.78, 5) is 36.2. The zero-order valence-corrected chi connectivity index (χ0v) is 24.1. The molecule has 228 valence electrons. The van der Waals surface area contributed by atoms with E-state index >= 15 is 0 Å². The van der Waals surface area contributed by atoms with Crippen molar-refractivity contribution in [1.29, 1.82) is 0 Å². The van der Waals surface area contributed by atoms with Gasteiger partial charge in [0.05, 0.1) is 21.8 Å². The first-order valence-corrected chi connectivity index (χ1v) is 14.2. The van der Waals surface area contributed by atoms with Crippen LogP contribution in [0.5, 0.6) is 5.75 Å². The molecule has 1 aromatic heterocycles. The zero-order chi connectivity index (χ0) is 31.1. The van der Waals surface area contributed by atoms with E-state index in [1.807, 2.05) is 24.3 Å². The number of hydrogen-bond donors (Lipinski definition) is 3. The van der Waals surface area contributed by atoms with Gasteiger partial charge in [0.2, 0.25) is 5.95 Å². The smallest absolute Gasteiger partial charge is 0.416 e. The number of alkyl halides is 3. The van der Waals surface area contributed by atoms with Crippen LogP contribution in [0.1, 0.15) is 39.1 Å². The highest BCUT2D eigenvalue weighted by Gasteiger charge is 2.31. The van der Waals surface area contributed by atoms with Gasteiger partial charge in [-0.1, -0.05) is 17.7 Å². The average molecular weight is 625 g/mol. The highest BCUT2D eigenvalue weighted by molar-refractivity contribution is 6.34. The predicted octanol–water partition coefficient (Wildman–Crippen LogP) is 6.87. The van der Waals surface area contributed by atoms with Gasteiger partial charge >= 0.3 is 6.18 Å². The molecule has 0 atom stereocenters. The van der Waals surface area contributed by atoms with E-state index < -0.39 is 23.6 Å². The van der Waals surface area contributed by atoms with Crippen LogP contribution in [0.2, 0.25) is 5.02 Å². The van der Waals surface area contributed by atoms with Crippen LogP contribution in [-0.4, -0.2) is 52.9 Å². The number of benzene rings is 3. The van der Waals surface area contributed by atoms with Gasteiger partial charge in [-0.25, -0.2) is 9.97 Å². The summed E-state index contributed by atoms with van der Waals surface area (Å²) in [6, 6.07) is 15.7. The number of halogens is 4. The summed E-state index contributed by atoms with van der Waals surface area (Å²) in [6.45, 7) is 3.79. The van der Waals surface area contributed by atoms with Crippen LogP contribution in [0.4, 0.5) is 36.2 Å². The molecule has 44 heavy (non-hydrogen) atoms. The maximum Gasteiger partial charge on any atom is 0.416 e. The van der Waals surface area contributed by atoms with Crippen molar-refractivity contribution < 1.29 is 27.5 Å². The molecule has 1 aliphatic heterocycles. The van der Waals surface area contributed by atoms with Gasteiger partial charge in [-0.15, -0.1) is 0 Å². The minimum Gasteiger partial charge on any atom is -0.492 e. The Bertz CT molecular complexity index is 1610. The Morgan fingerprint density at radius 3 is 2.25 bits per heavy atom. The van der Waals surface area contributed by atoms with E-state index in [4.69, 9.17) is 16.3 Å². The number of aromatic nitrogens is 2. The summed E-state index contributed by atoms with van der Waals surface area (Å²) in [5, 5.41) is 8.39. The van der Waals surface area contributed by atoms with Crippen molar-refractivity contribution in [2.24, 2.45) is 0 Å². The van der Waals surface area contributed by atoms with Crippen molar-refractivity contribution in [2.45, 2.75) is 19.0 Å². The third-order valence-corrected chi connectivity index (χ3v) is 7.15. The fourth-order valence-electron chi connectivity index (χ4n) is 4.51. The first kappa shape index (κ1) is 30.8. The summed E-state index contributed by atoms with van der Waals surface area (Å²) in [5.74, 6) is -0.274. The van der Waals surface area contributed by atoms with Crippen molar-refractivity contribution in [1.82, 2.24) is 14.9 Å². The topological polar surface area (TPSA) is 108 Å². The summed E-state index contributed by atoms with van der Waals surface area (Å²) in [6.07, 6.45) is 0.587. The van der Waals surface area contributed by atoms with E-state index in [-0.39, 0.29) is 33.5 Å². The molecule has 9 nitrogen and oxygen atoms in total. The molecule has 0 bridgehead atoms. The van der Waals surface area contributed by atoms with Crippen LogP contribution in [0, 0.1) is 0 Å². The quantitative estimate of drug-likeness (QED) is 0.177. The molecule has 1 saturated heterocycles. The van der Waals surface area contributed by atoms with E-state index in [9.17, 15) is 22.8 Å². The lowest BCUT2D eigenvalue weighted by Gasteiger charge is -2.15. The molecular formula is C31H28ClF3N6O3. The number of nitrogens with one attached hydrogen (secondary N) is 3. The van der Waals surface area contributed by atoms with Gasteiger partial charge in [-0.3, -0.25) is 14.5 Å². The largest absolute Gasteiger partial charge is 0.492 e. The van der Waals surface area contributed by atoms with Gasteiger partial charge in [0.15, 0.2) is 0 Å². The maximum atomic E-state index is 13.0. The molecule has 1 aliphatic rings. The molecule has 5 rings (SSSR count). The van der Waals surface area contributed by atoms with Gasteiger partial charge in [0.1, 0.15) is 12.4 Å². The lowest BCUT2D eigenvalue weighted by Crippen LogP contribution is -2.25. The van der Waals surface area contributed by atoms with Crippen LogP contribution in [0.15, 0.2) is 79.1 Å². The normalized spacial score (nSPS) is 13.4. The fourth-order valence-corrected chi connectivity index (χ4v) is 4.67. The van der Waals surface area contributed by atoms with Gasteiger partial charge in [0, 0.05) is 35.9 Å². The third kappa shape index (κ3) is 8.23. The zero-order valence-electron chi connectivity index (χ0n) is 23.3. The second-order valence-electron chi connectivity index (χ2n) is 10.0. The van der Waals surface area contributed by atoms with E-state index in [1.54, 1.807) is 0 Å². The van der Waals surface area contributed by atoms with Crippen molar-refractivity contribution in [3.05, 3.63) is 101 Å². The average Bonchev–Trinajstić information content (AvgIpc) is 3.53. The number of rotatable bonds is 10. The Kier molecular flexibility index (Phi) is 9.61. The van der Waals surface area contributed by atoms with Crippen LogP contribution in [0.3, 0.4) is 0 Å². The Morgan fingerprint density at radius 2 is 1.55 bits per heavy atom. The monoisotopic (exact) mass is 624 g/mol. The number of nitrogens with zero attached hydrogens (tertiary/aromatic N) is 3. The molecule has 1 fully saturated rings. The van der Waals surface area contributed by atoms with Gasteiger partial charge in [-0.2, -0.15) is 13.2 Å². The molecule has 2 heterocycles. The summed E-state index contributed by atoms with van der Waals surface area (Å²) in [5.41, 5.74) is 0.151. The third-order valence-electron chi connectivity index (χ3n) is 6.82. The highest BCUT2D eigenvalue weighted by atomic mass is 35.5. The number of amides is 2. The number of likely N-dealkylation sites (tertiary alicyclic amines) is 1. The molecule has 0 aliphatic carbocycles. The predicted molar refractivity (Wildman–Crippen MR) is 162 cm³/mol. The second-order valence-corrected chi connectivity index (χ2v) is 10.4. The van der Waals surface area contributed by atoms with E-state index in [0.29, 0.717) is 6.61 Å². The lowest BCUT2D eigenvalue weighted by molar-refractivity contribution is -0.137. The van der Waals surface area contributed by atoms with E-state index in [2.05, 4.69) is 30.8 Å². The standard InChI is InChI=1S/C31H28ClF3N6O3/c32-26-11-8-24(38-28(42)20-4-3-5-22(16-20)31(33,34)35)17-27(26)40-29(43)21-18-36-30(37-19-21)39-23-6-9-25(10-7-23)44-15-14-41-12-1-2-13-41/h3-11,16-19H,1-2,12-15H2,(H,38,42)(H,40,43)(H,36,37,39). The first-order chi connectivity index (χ1) is 21.1. The second kappa shape index (κ2) is 13.7. The van der Waals surface area contributed by atoms with Gasteiger partial charge in [0.25, 0.3) is 11.8 Å². The van der Waals surface area contributed by atoms with Crippen LogP contribution in [-0.2, 0) is 6.18 Å². The summed E-state index contributed by atoms with van der Waals surface area (Å²) in [7, 11) is 0. The van der Waals surface area contributed by atoms with Gasteiger partial charge in [-0.05, 0) is 86.6 Å². The number of hydrogen-bond acceptors (Lipinski definition) is 7. The minimum absolute atomic E-state index is 0.145. The molecule has 0 spiro atoms. The van der Waals surface area contributed by atoms with Crippen LogP contribution in [0.25, 0.3) is 0 Å². The number of carbonyl (C=O) groups excluding carboxylic acids is 2. The molecular weight excluding hydrogens is 597 g/mol. The summed E-state index contributed by atoms with van der Waals surface area (Å²) >= 11 is 6.23. The molecule has 0 radical (unpaired) electrons. The Morgan fingerprint density at radius 1 is 0.864 bits per heavy atom. The first-order valence-electron chi connectivity index (χ1n) is 13.8. The lowest BCUT2D eigenvalue weighted by atomic mass is 10.1. The number of carbonyl (C=O) groups is 2.